The molecular weight excluding hydrogens is 777 g/mol. The monoisotopic (exact) mass is 810 g/mol. The number of hydrogen-bond acceptors (Lipinski definition) is 5. The van der Waals surface area contributed by atoms with Crippen molar-refractivity contribution in [1.29, 1.82) is 10.5 Å². The van der Waals surface area contributed by atoms with Gasteiger partial charge in [0.1, 0.15) is 17.7 Å². The average molecular weight is 811 g/mol. The second-order valence-corrected chi connectivity index (χ2v) is 16.2. The zero-order valence-electron chi connectivity index (χ0n) is 33.5. The third-order valence-corrected chi connectivity index (χ3v) is 12.9. The van der Waals surface area contributed by atoms with E-state index in [9.17, 15) is 10.5 Å². The third-order valence-electron chi connectivity index (χ3n) is 11.7. The number of nitriles is 2. The molecule has 0 aliphatic heterocycles. The van der Waals surface area contributed by atoms with Crippen LogP contribution in [0.3, 0.4) is 0 Å². The minimum Gasteiger partial charge on any atom is -0.309 e. The Bertz CT molecular complexity index is 3740. The number of rotatable bonds is 7. The molecular formula is C55H34N6S. The van der Waals surface area contributed by atoms with Crippen LogP contribution in [0.15, 0.2) is 170 Å². The molecule has 6 nitrogen and oxygen atoms in total. The number of thiophene rings is 1. The van der Waals surface area contributed by atoms with Gasteiger partial charge in [0.25, 0.3) is 0 Å². The molecule has 0 unspecified atom stereocenters. The summed E-state index contributed by atoms with van der Waals surface area (Å²) >= 11 is 1.71. The van der Waals surface area contributed by atoms with Crippen molar-refractivity contribution < 1.29 is 0 Å². The maximum Gasteiger partial charge on any atom is 0.161 e. The standard InChI is InChI=1S/C55H34N6S/c1-3-16-47-38(4-2)43-30-44-39-21-11-13-25-48(39)61(50(44)31-49(43)60(47)37-19-9-6-10-20-37)46-28-27-35(29-36(46)32-56)53-45(33-57)52(34-17-7-5-8-18-34)58-55(59-53)42-24-15-23-41-40-22-12-14-26-51(40)62-54(41)42/h3-31H,2H2,1H3/b16-3-. The number of allylic oxidation sites excluding steroid dienone is 1. The summed E-state index contributed by atoms with van der Waals surface area (Å²) < 4.78 is 6.72. The first kappa shape index (κ1) is 36.7. The van der Waals surface area contributed by atoms with Crippen LogP contribution in [0.5, 0.6) is 0 Å². The molecule has 0 fully saturated rings. The van der Waals surface area contributed by atoms with Crippen LogP contribution in [-0.2, 0) is 0 Å². The van der Waals surface area contributed by atoms with Gasteiger partial charge in [0.15, 0.2) is 5.82 Å². The fourth-order valence-corrected chi connectivity index (χ4v) is 10.2. The second-order valence-electron chi connectivity index (χ2n) is 15.1. The Morgan fingerprint density at radius 1 is 0.597 bits per heavy atom. The van der Waals surface area contributed by atoms with Gasteiger partial charge >= 0.3 is 0 Å². The van der Waals surface area contributed by atoms with E-state index in [1.807, 2.05) is 79.7 Å². The second kappa shape index (κ2) is 14.7. The number of benzene rings is 7. The molecule has 0 spiro atoms. The van der Waals surface area contributed by atoms with Crippen LogP contribution in [-0.4, -0.2) is 19.1 Å². The van der Waals surface area contributed by atoms with Gasteiger partial charge in [-0.05, 0) is 67.6 Å². The van der Waals surface area contributed by atoms with Gasteiger partial charge in [0, 0.05) is 64.3 Å². The predicted molar refractivity (Wildman–Crippen MR) is 257 cm³/mol. The molecule has 0 saturated heterocycles. The molecule has 4 aromatic heterocycles. The van der Waals surface area contributed by atoms with E-state index in [4.69, 9.17) is 9.97 Å². The molecule has 290 valence electrons. The van der Waals surface area contributed by atoms with Crippen molar-refractivity contribution >= 4 is 76.4 Å². The molecule has 0 amide bonds. The van der Waals surface area contributed by atoms with Crippen LogP contribution >= 0.6 is 11.3 Å². The van der Waals surface area contributed by atoms with Crippen LogP contribution in [0.2, 0.25) is 0 Å². The van der Waals surface area contributed by atoms with E-state index in [1.54, 1.807) is 11.3 Å². The molecule has 11 rings (SSSR count). The first-order valence-electron chi connectivity index (χ1n) is 20.4. The van der Waals surface area contributed by atoms with Crippen LogP contribution in [0.1, 0.15) is 29.3 Å². The summed E-state index contributed by atoms with van der Waals surface area (Å²) in [5.74, 6) is 0.515. The number of para-hydroxylation sites is 2. The van der Waals surface area contributed by atoms with Crippen molar-refractivity contribution in [3.63, 3.8) is 0 Å². The third kappa shape index (κ3) is 5.61. The van der Waals surface area contributed by atoms with Crippen molar-refractivity contribution in [2.45, 2.75) is 6.92 Å². The van der Waals surface area contributed by atoms with E-state index < -0.39 is 0 Å². The van der Waals surface area contributed by atoms with Gasteiger partial charge in [-0.15, -0.1) is 11.3 Å². The Balaban J connectivity index is 1.16. The average Bonchev–Trinajstić information content (AvgIpc) is 3.97. The minimum absolute atomic E-state index is 0.344. The summed E-state index contributed by atoms with van der Waals surface area (Å²) in [6.07, 6.45) is 6.13. The summed E-state index contributed by atoms with van der Waals surface area (Å²) in [6, 6.07) is 58.4. The Morgan fingerprint density at radius 2 is 1.29 bits per heavy atom. The van der Waals surface area contributed by atoms with E-state index in [0.29, 0.717) is 33.9 Å². The fourth-order valence-electron chi connectivity index (χ4n) is 9.04. The summed E-state index contributed by atoms with van der Waals surface area (Å²) in [6.45, 7) is 6.27. The number of fused-ring (bicyclic) bond motifs is 7. The van der Waals surface area contributed by atoms with Crippen LogP contribution in [0.25, 0.3) is 110 Å². The SMILES string of the molecule is C=Cc1c(/C=C\C)n(-c2ccccc2)c2cc3c(cc12)c1ccccc1n3-c1ccc(-c2nc(-c3cccc4c3sc3ccccc34)nc(-c3ccccc3)c2C#N)cc1C#N. The quantitative estimate of drug-likeness (QED) is 0.160. The van der Waals surface area contributed by atoms with Gasteiger partial charge < -0.3 is 9.13 Å². The summed E-state index contributed by atoms with van der Waals surface area (Å²) in [5.41, 5.74) is 11.0. The molecule has 0 aliphatic carbocycles. The Hall–Kier alpha value is -8.36. The minimum atomic E-state index is 0.344. The zero-order chi connectivity index (χ0) is 41.9. The number of aromatic nitrogens is 4. The van der Waals surface area contributed by atoms with Gasteiger partial charge in [0.05, 0.1) is 44.9 Å². The summed E-state index contributed by atoms with van der Waals surface area (Å²) in [5, 5.41) is 27.4. The van der Waals surface area contributed by atoms with E-state index in [1.165, 1.54) is 10.1 Å². The lowest BCUT2D eigenvalue weighted by Gasteiger charge is -2.15. The fraction of sp³-hybridized carbons (Fsp3) is 0.0182. The molecule has 0 N–H and O–H groups in total. The van der Waals surface area contributed by atoms with E-state index in [0.717, 1.165) is 76.6 Å². The van der Waals surface area contributed by atoms with Crippen molar-refractivity contribution in [1.82, 2.24) is 19.1 Å². The van der Waals surface area contributed by atoms with Crippen LogP contribution in [0.4, 0.5) is 0 Å². The first-order valence-corrected chi connectivity index (χ1v) is 21.2. The van der Waals surface area contributed by atoms with Crippen molar-refractivity contribution in [2.75, 3.05) is 0 Å². The maximum atomic E-state index is 11.0. The van der Waals surface area contributed by atoms with Crippen molar-refractivity contribution in [2.24, 2.45) is 0 Å². The number of hydrogen-bond donors (Lipinski definition) is 0. The highest BCUT2D eigenvalue weighted by atomic mass is 32.1. The molecule has 0 bridgehead atoms. The molecule has 4 heterocycles. The van der Waals surface area contributed by atoms with Gasteiger partial charge in [-0.25, -0.2) is 9.97 Å². The number of nitrogens with zero attached hydrogens (tertiary/aromatic N) is 6. The largest absolute Gasteiger partial charge is 0.309 e. The smallest absolute Gasteiger partial charge is 0.161 e. The highest BCUT2D eigenvalue weighted by Gasteiger charge is 2.24. The van der Waals surface area contributed by atoms with Gasteiger partial charge in [-0.1, -0.05) is 122 Å². The lowest BCUT2D eigenvalue weighted by atomic mass is 9.98. The Kier molecular flexibility index (Phi) is 8.72. The molecule has 0 saturated carbocycles. The summed E-state index contributed by atoms with van der Waals surface area (Å²) in [7, 11) is 0. The van der Waals surface area contributed by atoms with Gasteiger partial charge in [0.2, 0.25) is 0 Å². The molecule has 11 aromatic rings. The van der Waals surface area contributed by atoms with E-state index in [2.05, 4.69) is 131 Å². The molecule has 0 radical (unpaired) electrons. The van der Waals surface area contributed by atoms with Gasteiger partial charge in [-0.3, -0.25) is 0 Å². The lowest BCUT2D eigenvalue weighted by Crippen LogP contribution is -2.03. The van der Waals surface area contributed by atoms with Gasteiger partial charge in [-0.2, -0.15) is 10.5 Å². The molecule has 7 aromatic carbocycles. The van der Waals surface area contributed by atoms with Crippen molar-refractivity contribution in [3.05, 3.63) is 193 Å². The summed E-state index contributed by atoms with van der Waals surface area (Å²) in [4.78, 5) is 10.3. The Labute approximate surface area is 361 Å². The predicted octanol–water partition coefficient (Wildman–Crippen LogP) is 14.3. The zero-order valence-corrected chi connectivity index (χ0v) is 34.4. The topological polar surface area (TPSA) is 83.2 Å². The molecule has 62 heavy (non-hydrogen) atoms. The van der Waals surface area contributed by atoms with Crippen LogP contribution in [0, 0.1) is 22.7 Å². The first-order chi connectivity index (χ1) is 30.6. The maximum absolute atomic E-state index is 11.0. The van der Waals surface area contributed by atoms with E-state index >= 15 is 0 Å². The van der Waals surface area contributed by atoms with Crippen molar-refractivity contribution in [3.8, 4) is 57.4 Å². The normalized spacial score (nSPS) is 11.6. The lowest BCUT2D eigenvalue weighted by molar-refractivity contribution is 1.10. The molecule has 0 aliphatic rings. The Morgan fingerprint density at radius 3 is 2.05 bits per heavy atom. The van der Waals surface area contributed by atoms with Crippen LogP contribution < -0.4 is 0 Å². The molecule has 0 atom stereocenters. The molecule has 7 heteroatoms. The highest BCUT2D eigenvalue weighted by Crippen LogP contribution is 2.43. The van der Waals surface area contributed by atoms with E-state index in [-0.39, 0.29) is 0 Å². The highest BCUT2D eigenvalue weighted by molar-refractivity contribution is 7.26.